The van der Waals surface area contributed by atoms with Crippen LogP contribution in [0.25, 0.3) is 0 Å². The molecular weight excluding hydrogens is 248 g/mol. The number of methoxy groups -OCH3 is 2. The molecule has 1 amide bonds. The van der Waals surface area contributed by atoms with Crippen LogP contribution >= 0.6 is 0 Å². The summed E-state index contributed by atoms with van der Waals surface area (Å²) in [4.78, 5) is 11.9. The van der Waals surface area contributed by atoms with Crippen LogP contribution in [0.3, 0.4) is 0 Å². The van der Waals surface area contributed by atoms with Crippen molar-refractivity contribution in [1.82, 2.24) is 5.32 Å². The minimum absolute atomic E-state index is 0.212. The van der Waals surface area contributed by atoms with E-state index in [9.17, 15) is 4.79 Å². The maximum atomic E-state index is 11.9. The zero-order valence-corrected chi connectivity index (χ0v) is 11.3. The van der Waals surface area contributed by atoms with Crippen LogP contribution in [0.5, 0.6) is 11.5 Å². The van der Waals surface area contributed by atoms with E-state index in [0.717, 1.165) is 0 Å². The van der Waals surface area contributed by atoms with Gasteiger partial charge in [0.25, 0.3) is 5.91 Å². The van der Waals surface area contributed by atoms with Gasteiger partial charge in [0.15, 0.2) is 0 Å². The normalized spacial score (nSPS) is 10.1. The number of carbonyl (C=O) groups is 1. The fraction of sp³-hybridized carbons (Fsp3) is 0.462. The minimum atomic E-state index is -0.212. The van der Waals surface area contributed by atoms with Crippen LogP contribution in [0.2, 0.25) is 0 Å². The van der Waals surface area contributed by atoms with Crippen molar-refractivity contribution in [2.75, 3.05) is 40.5 Å². The van der Waals surface area contributed by atoms with Crippen LogP contribution in [-0.4, -0.2) is 46.4 Å². The molecule has 1 aromatic rings. The molecule has 1 rings (SSSR count). The Morgan fingerprint density at radius 3 is 2.68 bits per heavy atom. The van der Waals surface area contributed by atoms with Crippen molar-refractivity contribution in [3.05, 3.63) is 23.8 Å². The maximum Gasteiger partial charge on any atom is 0.255 e. The SMILES string of the molecule is COc1ccc(C(=O)NCCOCCN)c(OC)c1. The third-order valence-electron chi connectivity index (χ3n) is 2.45. The molecule has 19 heavy (non-hydrogen) atoms. The molecule has 0 saturated heterocycles. The number of hydrogen-bond acceptors (Lipinski definition) is 5. The third kappa shape index (κ3) is 4.76. The molecule has 0 bridgehead atoms. The van der Waals surface area contributed by atoms with Crippen molar-refractivity contribution in [2.24, 2.45) is 5.73 Å². The highest BCUT2D eigenvalue weighted by atomic mass is 16.5. The van der Waals surface area contributed by atoms with Gasteiger partial charge in [0.1, 0.15) is 11.5 Å². The fourth-order valence-electron chi connectivity index (χ4n) is 1.50. The number of rotatable bonds is 8. The monoisotopic (exact) mass is 268 g/mol. The highest BCUT2D eigenvalue weighted by Gasteiger charge is 2.12. The summed E-state index contributed by atoms with van der Waals surface area (Å²) in [5.41, 5.74) is 5.75. The first-order valence-electron chi connectivity index (χ1n) is 6.01. The number of amides is 1. The Hall–Kier alpha value is -1.79. The molecular formula is C13H20N2O4. The fourth-order valence-corrected chi connectivity index (χ4v) is 1.50. The summed E-state index contributed by atoms with van der Waals surface area (Å²) in [7, 11) is 3.07. The lowest BCUT2D eigenvalue weighted by atomic mass is 10.1. The molecule has 0 aromatic heterocycles. The molecule has 106 valence electrons. The van der Waals surface area contributed by atoms with E-state index < -0.39 is 0 Å². The number of ether oxygens (including phenoxy) is 3. The van der Waals surface area contributed by atoms with Crippen LogP contribution in [0.4, 0.5) is 0 Å². The summed E-state index contributed by atoms with van der Waals surface area (Å²) in [6.07, 6.45) is 0. The Morgan fingerprint density at radius 1 is 1.26 bits per heavy atom. The van der Waals surface area contributed by atoms with Crippen LogP contribution < -0.4 is 20.5 Å². The van der Waals surface area contributed by atoms with Crippen molar-refractivity contribution < 1.29 is 19.0 Å². The summed E-state index contributed by atoms with van der Waals surface area (Å²) < 4.78 is 15.4. The van der Waals surface area contributed by atoms with Crippen molar-refractivity contribution in [2.45, 2.75) is 0 Å². The Kier molecular flexibility index (Phi) is 6.70. The zero-order valence-electron chi connectivity index (χ0n) is 11.3. The predicted octanol–water partition coefficient (Wildman–Crippen LogP) is 0.409. The van der Waals surface area contributed by atoms with Crippen LogP contribution in [0, 0.1) is 0 Å². The minimum Gasteiger partial charge on any atom is -0.497 e. The topological polar surface area (TPSA) is 82.8 Å². The molecule has 6 heteroatoms. The van der Waals surface area contributed by atoms with Gasteiger partial charge in [-0.15, -0.1) is 0 Å². The maximum absolute atomic E-state index is 11.9. The second kappa shape index (κ2) is 8.34. The van der Waals surface area contributed by atoms with E-state index in [0.29, 0.717) is 43.4 Å². The van der Waals surface area contributed by atoms with E-state index >= 15 is 0 Å². The molecule has 0 saturated carbocycles. The van der Waals surface area contributed by atoms with E-state index in [1.54, 1.807) is 25.3 Å². The molecule has 0 radical (unpaired) electrons. The van der Waals surface area contributed by atoms with Crippen LogP contribution in [0.15, 0.2) is 18.2 Å². The summed E-state index contributed by atoms with van der Waals surface area (Å²) in [6, 6.07) is 5.04. The number of nitrogens with one attached hydrogen (secondary N) is 1. The Labute approximate surface area is 112 Å². The summed E-state index contributed by atoms with van der Waals surface area (Å²) in [5, 5.41) is 2.74. The second-order valence-electron chi connectivity index (χ2n) is 3.72. The van der Waals surface area contributed by atoms with Gasteiger partial charge in [-0.05, 0) is 12.1 Å². The molecule has 0 spiro atoms. The standard InChI is InChI=1S/C13H20N2O4/c1-17-10-3-4-11(12(9-10)18-2)13(16)15-6-8-19-7-5-14/h3-4,9H,5-8,14H2,1-2H3,(H,15,16). The Bertz CT molecular complexity index is 410. The van der Waals surface area contributed by atoms with E-state index in [4.69, 9.17) is 19.9 Å². The van der Waals surface area contributed by atoms with Gasteiger partial charge in [-0.2, -0.15) is 0 Å². The van der Waals surface area contributed by atoms with E-state index in [2.05, 4.69) is 5.32 Å². The number of nitrogens with two attached hydrogens (primary N) is 1. The van der Waals surface area contributed by atoms with Gasteiger partial charge in [-0.3, -0.25) is 4.79 Å². The molecule has 0 aliphatic heterocycles. The third-order valence-corrected chi connectivity index (χ3v) is 2.45. The van der Waals surface area contributed by atoms with E-state index in [1.165, 1.54) is 7.11 Å². The molecule has 0 aliphatic rings. The summed E-state index contributed by atoms with van der Waals surface area (Å²) >= 11 is 0. The average Bonchev–Trinajstić information content (AvgIpc) is 2.46. The van der Waals surface area contributed by atoms with Gasteiger partial charge in [0.2, 0.25) is 0 Å². The van der Waals surface area contributed by atoms with E-state index in [-0.39, 0.29) is 5.91 Å². The molecule has 6 nitrogen and oxygen atoms in total. The molecule has 0 aliphatic carbocycles. The van der Waals surface area contributed by atoms with Crippen molar-refractivity contribution in [1.29, 1.82) is 0 Å². The van der Waals surface area contributed by atoms with Crippen LogP contribution in [-0.2, 0) is 4.74 Å². The van der Waals surface area contributed by atoms with Gasteiger partial charge >= 0.3 is 0 Å². The quantitative estimate of drug-likeness (QED) is 0.667. The lowest BCUT2D eigenvalue weighted by Gasteiger charge is -2.10. The van der Waals surface area contributed by atoms with Crippen LogP contribution in [0.1, 0.15) is 10.4 Å². The van der Waals surface area contributed by atoms with Gasteiger partial charge in [0.05, 0.1) is 33.0 Å². The zero-order chi connectivity index (χ0) is 14.1. The average molecular weight is 268 g/mol. The predicted molar refractivity (Wildman–Crippen MR) is 71.8 cm³/mol. The first-order valence-corrected chi connectivity index (χ1v) is 6.01. The molecule has 3 N–H and O–H groups in total. The molecule has 0 fully saturated rings. The molecule has 1 aromatic carbocycles. The van der Waals surface area contributed by atoms with Crippen molar-refractivity contribution in [3.8, 4) is 11.5 Å². The number of hydrogen-bond donors (Lipinski definition) is 2. The van der Waals surface area contributed by atoms with Crippen molar-refractivity contribution >= 4 is 5.91 Å². The lowest BCUT2D eigenvalue weighted by Crippen LogP contribution is -2.28. The molecule has 0 unspecified atom stereocenters. The first-order chi connectivity index (χ1) is 9.22. The highest BCUT2D eigenvalue weighted by molar-refractivity contribution is 5.97. The van der Waals surface area contributed by atoms with E-state index in [1.807, 2.05) is 0 Å². The van der Waals surface area contributed by atoms with Gasteiger partial charge in [-0.25, -0.2) is 0 Å². The van der Waals surface area contributed by atoms with Crippen molar-refractivity contribution in [3.63, 3.8) is 0 Å². The Morgan fingerprint density at radius 2 is 2.05 bits per heavy atom. The smallest absolute Gasteiger partial charge is 0.255 e. The number of carbonyl (C=O) groups excluding carboxylic acids is 1. The summed E-state index contributed by atoms with van der Waals surface area (Å²) in [5.74, 6) is 0.898. The molecule has 0 heterocycles. The Balaban J connectivity index is 2.56. The lowest BCUT2D eigenvalue weighted by molar-refractivity contribution is 0.0917. The highest BCUT2D eigenvalue weighted by Crippen LogP contribution is 2.24. The first kappa shape index (κ1) is 15.3. The largest absolute Gasteiger partial charge is 0.497 e. The van der Waals surface area contributed by atoms with Gasteiger partial charge in [-0.1, -0.05) is 0 Å². The van der Waals surface area contributed by atoms with Gasteiger partial charge in [0, 0.05) is 19.2 Å². The summed E-state index contributed by atoms with van der Waals surface area (Å²) in [6.45, 7) is 1.82. The second-order valence-corrected chi connectivity index (χ2v) is 3.72. The molecule has 0 atom stereocenters. The number of benzene rings is 1. The van der Waals surface area contributed by atoms with Gasteiger partial charge < -0.3 is 25.3 Å².